The molecule has 0 aliphatic rings. The zero-order chi connectivity index (χ0) is 12.4. The van der Waals surface area contributed by atoms with E-state index in [4.69, 9.17) is 14.2 Å². The van der Waals surface area contributed by atoms with E-state index in [2.05, 4.69) is 5.32 Å². The fourth-order valence-electron chi connectivity index (χ4n) is 1.31. The lowest BCUT2D eigenvalue weighted by Crippen LogP contribution is -2.43. The second kappa shape index (κ2) is 9.57. The number of nitrogens with one attached hydrogen (secondary N) is 1. The van der Waals surface area contributed by atoms with Crippen LogP contribution in [-0.4, -0.2) is 52.1 Å². The van der Waals surface area contributed by atoms with Crippen molar-refractivity contribution in [2.45, 2.75) is 32.4 Å². The van der Waals surface area contributed by atoms with Crippen LogP contribution in [0.4, 0.5) is 0 Å². The molecule has 5 nitrogen and oxygen atoms in total. The molecule has 0 saturated carbocycles. The third-order valence-corrected chi connectivity index (χ3v) is 2.26. The molecular weight excluding hydrogens is 210 g/mol. The van der Waals surface area contributed by atoms with Crippen molar-refractivity contribution in [3.63, 3.8) is 0 Å². The molecule has 2 unspecified atom stereocenters. The Morgan fingerprint density at radius 1 is 1.31 bits per heavy atom. The second-order valence-electron chi connectivity index (χ2n) is 3.43. The average molecular weight is 233 g/mol. The summed E-state index contributed by atoms with van der Waals surface area (Å²) in [5.74, 6) is -0.211. The summed E-state index contributed by atoms with van der Waals surface area (Å²) in [6, 6.07) is -0.269. The molecule has 2 atom stereocenters. The summed E-state index contributed by atoms with van der Waals surface area (Å²) in [4.78, 5) is 11.5. The third-order valence-electron chi connectivity index (χ3n) is 2.26. The third kappa shape index (κ3) is 6.05. The van der Waals surface area contributed by atoms with E-state index >= 15 is 0 Å². The number of ether oxygens (including phenoxy) is 3. The number of rotatable bonds is 9. The van der Waals surface area contributed by atoms with Crippen LogP contribution in [0.25, 0.3) is 0 Å². The van der Waals surface area contributed by atoms with E-state index < -0.39 is 0 Å². The van der Waals surface area contributed by atoms with Crippen LogP contribution in [-0.2, 0) is 19.0 Å². The first-order valence-corrected chi connectivity index (χ1v) is 5.61. The molecule has 0 rings (SSSR count). The first-order valence-electron chi connectivity index (χ1n) is 5.61. The molecule has 0 aliphatic carbocycles. The van der Waals surface area contributed by atoms with Gasteiger partial charge in [0, 0.05) is 20.8 Å². The molecule has 0 aliphatic heterocycles. The summed E-state index contributed by atoms with van der Waals surface area (Å²) in [5.41, 5.74) is 0. The van der Waals surface area contributed by atoms with Gasteiger partial charge in [0.15, 0.2) is 0 Å². The lowest BCUT2D eigenvalue weighted by atomic mass is 10.2. The predicted molar refractivity (Wildman–Crippen MR) is 61.4 cm³/mol. The Bertz CT molecular complexity index is 187. The number of methoxy groups -OCH3 is 2. The van der Waals surface area contributed by atoms with Gasteiger partial charge in [0.2, 0.25) is 0 Å². The molecule has 0 aromatic heterocycles. The maximum atomic E-state index is 11.5. The van der Waals surface area contributed by atoms with Gasteiger partial charge < -0.3 is 19.5 Å². The Labute approximate surface area is 97.4 Å². The van der Waals surface area contributed by atoms with E-state index in [1.807, 2.05) is 6.92 Å². The molecule has 0 spiro atoms. The Hall–Kier alpha value is -0.650. The number of hydrogen-bond donors (Lipinski definition) is 1. The monoisotopic (exact) mass is 233 g/mol. The van der Waals surface area contributed by atoms with E-state index in [9.17, 15) is 4.79 Å². The second-order valence-corrected chi connectivity index (χ2v) is 3.43. The number of esters is 1. The summed E-state index contributed by atoms with van der Waals surface area (Å²) in [7, 11) is 3.24. The zero-order valence-corrected chi connectivity index (χ0v) is 10.6. The molecule has 0 amide bonds. The SMILES string of the molecule is CCOC(=O)C(CC)NCC(COC)OC. The van der Waals surface area contributed by atoms with Gasteiger partial charge in [-0.15, -0.1) is 0 Å². The van der Waals surface area contributed by atoms with Crippen molar-refractivity contribution in [3.05, 3.63) is 0 Å². The first-order chi connectivity index (χ1) is 7.69. The highest BCUT2D eigenvalue weighted by atomic mass is 16.5. The normalized spacial score (nSPS) is 14.5. The maximum Gasteiger partial charge on any atom is 0.323 e. The van der Waals surface area contributed by atoms with Crippen molar-refractivity contribution in [2.75, 3.05) is 34.0 Å². The van der Waals surface area contributed by atoms with E-state index in [0.717, 1.165) is 0 Å². The quantitative estimate of drug-likeness (QED) is 0.590. The van der Waals surface area contributed by atoms with Crippen molar-refractivity contribution < 1.29 is 19.0 Å². The molecule has 0 radical (unpaired) electrons. The standard InChI is InChI=1S/C11H23NO4/c1-5-10(11(13)16-6-2)12-7-9(15-4)8-14-3/h9-10,12H,5-8H2,1-4H3. The molecule has 1 N–H and O–H groups in total. The van der Waals surface area contributed by atoms with E-state index in [0.29, 0.717) is 26.2 Å². The minimum atomic E-state index is -0.269. The van der Waals surface area contributed by atoms with Crippen LogP contribution in [0.2, 0.25) is 0 Å². The molecule has 0 saturated heterocycles. The molecule has 0 bridgehead atoms. The van der Waals surface area contributed by atoms with Gasteiger partial charge in [0.1, 0.15) is 6.04 Å². The van der Waals surface area contributed by atoms with Gasteiger partial charge in [-0.1, -0.05) is 6.92 Å². The summed E-state index contributed by atoms with van der Waals surface area (Å²) in [6.07, 6.45) is 0.649. The van der Waals surface area contributed by atoms with E-state index in [1.54, 1.807) is 21.1 Å². The lowest BCUT2D eigenvalue weighted by Gasteiger charge is -2.19. The summed E-state index contributed by atoms with van der Waals surface area (Å²) in [6.45, 7) is 5.22. The van der Waals surface area contributed by atoms with Crippen LogP contribution >= 0.6 is 0 Å². The largest absolute Gasteiger partial charge is 0.465 e. The van der Waals surface area contributed by atoms with Crippen LogP contribution in [0.15, 0.2) is 0 Å². The van der Waals surface area contributed by atoms with Crippen LogP contribution in [0.5, 0.6) is 0 Å². The van der Waals surface area contributed by atoms with Gasteiger partial charge in [-0.3, -0.25) is 4.79 Å². The molecule has 0 aromatic carbocycles. The number of carbonyl (C=O) groups is 1. The first kappa shape index (κ1) is 15.3. The highest BCUT2D eigenvalue weighted by Crippen LogP contribution is 1.97. The average Bonchev–Trinajstić information content (AvgIpc) is 2.28. The van der Waals surface area contributed by atoms with E-state index in [-0.39, 0.29) is 18.1 Å². The fraction of sp³-hybridized carbons (Fsp3) is 0.909. The van der Waals surface area contributed by atoms with Crippen molar-refractivity contribution in [3.8, 4) is 0 Å². The molecule has 16 heavy (non-hydrogen) atoms. The Morgan fingerprint density at radius 3 is 2.44 bits per heavy atom. The number of carbonyl (C=O) groups excluding carboxylic acids is 1. The molecule has 96 valence electrons. The van der Waals surface area contributed by atoms with Crippen LogP contribution in [0.3, 0.4) is 0 Å². The minimum Gasteiger partial charge on any atom is -0.465 e. The predicted octanol–water partition coefficient (Wildman–Crippen LogP) is 0.579. The topological polar surface area (TPSA) is 56.8 Å². The van der Waals surface area contributed by atoms with Crippen molar-refractivity contribution in [1.82, 2.24) is 5.32 Å². The molecular formula is C11H23NO4. The van der Waals surface area contributed by atoms with Crippen LogP contribution < -0.4 is 5.32 Å². The summed E-state index contributed by atoms with van der Waals surface area (Å²) >= 11 is 0. The smallest absolute Gasteiger partial charge is 0.323 e. The van der Waals surface area contributed by atoms with Gasteiger partial charge in [-0.05, 0) is 13.3 Å². The minimum absolute atomic E-state index is 0.0477. The lowest BCUT2D eigenvalue weighted by molar-refractivity contribution is -0.145. The molecule has 0 aromatic rings. The highest BCUT2D eigenvalue weighted by molar-refractivity contribution is 5.75. The Balaban J connectivity index is 3.97. The highest BCUT2D eigenvalue weighted by Gasteiger charge is 2.18. The summed E-state index contributed by atoms with van der Waals surface area (Å²) < 4.78 is 15.1. The van der Waals surface area contributed by atoms with Crippen molar-refractivity contribution in [2.24, 2.45) is 0 Å². The van der Waals surface area contributed by atoms with Crippen LogP contribution in [0.1, 0.15) is 20.3 Å². The van der Waals surface area contributed by atoms with Gasteiger partial charge in [-0.25, -0.2) is 0 Å². The zero-order valence-electron chi connectivity index (χ0n) is 10.6. The Morgan fingerprint density at radius 2 is 2.00 bits per heavy atom. The Kier molecular flexibility index (Phi) is 9.18. The van der Waals surface area contributed by atoms with E-state index in [1.165, 1.54) is 0 Å². The molecule has 5 heteroatoms. The van der Waals surface area contributed by atoms with Gasteiger partial charge in [-0.2, -0.15) is 0 Å². The van der Waals surface area contributed by atoms with Crippen molar-refractivity contribution in [1.29, 1.82) is 0 Å². The van der Waals surface area contributed by atoms with Gasteiger partial charge in [0.25, 0.3) is 0 Å². The number of hydrogen-bond acceptors (Lipinski definition) is 5. The van der Waals surface area contributed by atoms with Gasteiger partial charge >= 0.3 is 5.97 Å². The van der Waals surface area contributed by atoms with Gasteiger partial charge in [0.05, 0.1) is 19.3 Å². The maximum absolute atomic E-state index is 11.5. The fourth-order valence-corrected chi connectivity index (χ4v) is 1.31. The molecule has 0 fully saturated rings. The van der Waals surface area contributed by atoms with Crippen LogP contribution in [0, 0.1) is 0 Å². The molecule has 0 heterocycles. The van der Waals surface area contributed by atoms with Crippen molar-refractivity contribution >= 4 is 5.97 Å². The summed E-state index contributed by atoms with van der Waals surface area (Å²) in [5, 5.41) is 3.11.